The van der Waals surface area contributed by atoms with Crippen LogP contribution >= 0.6 is 0 Å². The van der Waals surface area contributed by atoms with Crippen LogP contribution in [0.5, 0.6) is 0 Å². The number of halogens is 2. The Hall–Kier alpha value is -3.26. The number of benzene rings is 1. The molecule has 5 rings (SSSR count). The van der Waals surface area contributed by atoms with Crippen molar-refractivity contribution < 1.29 is 18.4 Å². The molecular weight excluding hydrogens is 414 g/mol. The van der Waals surface area contributed by atoms with E-state index in [0.29, 0.717) is 0 Å². The van der Waals surface area contributed by atoms with Gasteiger partial charge in [-0.2, -0.15) is 5.10 Å². The van der Waals surface area contributed by atoms with Gasteiger partial charge >= 0.3 is 0 Å². The number of carbonyl (C=O) groups excluding carboxylic acids is 1. The Labute approximate surface area is 184 Å². The number of nitrogens with zero attached hydrogens (tertiary/aromatic N) is 3. The second-order valence-electron chi connectivity index (χ2n) is 8.89. The van der Waals surface area contributed by atoms with Gasteiger partial charge < -0.3 is 0 Å². The van der Waals surface area contributed by atoms with E-state index in [-0.39, 0.29) is 28.3 Å². The number of amides is 1. The largest absolute Gasteiger partial charge is 0.293 e. The SMILES string of the molecule is CONC(=O)c1cccc([C@]23CC[C@@H](c4cc(-c5c(F)cccc5F)nnc42)C3(C)C)n1. The van der Waals surface area contributed by atoms with Crippen LogP contribution in [0.15, 0.2) is 42.5 Å². The van der Waals surface area contributed by atoms with Gasteiger partial charge in [0.25, 0.3) is 5.91 Å². The molecule has 3 aromatic rings. The Balaban J connectivity index is 1.67. The first kappa shape index (κ1) is 20.6. The van der Waals surface area contributed by atoms with E-state index in [9.17, 15) is 13.6 Å². The van der Waals surface area contributed by atoms with Gasteiger partial charge in [-0.15, -0.1) is 5.10 Å². The number of hydrogen-bond donors (Lipinski definition) is 1. The van der Waals surface area contributed by atoms with Crippen molar-refractivity contribution in [3.63, 3.8) is 0 Å². The van der Waals surface area contributed by atoms with E-state index in [4.69, 9.17) is 4.84 Å². The predicted molar refractivity (Wildman–Crippen MR) is 113 cm³/mol. The highest BCUT2D eigenvalue weighted by Gasteiger charge is 2.65. The van der Waals surface area contributed by atoms with Crippen LogP contribution in [0.3, 0.4) is 0 Å². The highest BCUT2D eigenvalue weighted by molar-refractivity contribution is 5.91. The molecule has 8 heteroatoms. The summed E-state index contributed by atoms with van der Waals surface area (Å²) in [4.78, 5) is 21.7. The van der Waals surface area contributed by atoms with Gasteiger partial charge in [-0.3, -0.25) is 9.63 Å². The zero-order chi connectivity index (χ0) is 22.7. The zero-order valence-electron chi connectivity index (χ0n) is 17.9. The van der Waals surface area contributed by atoms with Gasteiger partial charge in [0.2, 0.25) is 0 Å². The van der Waals surface area contributed by atoms with Gasteiger partial charge in [0.15, 0.2) is 0 Å². The molecule has 2 heterocycles. The van der Waals surface area contributed by atoms with Crippen LogP contribution in [0.1, 0.15) is 60.0 Å². The van der Waals surface area contributed by atoms with Crippen molar-refractivity contribution in [2.24, 2.45) is 5.41 Å². The molecule has 1 amide bonds. The lowest BCUT2D eigenvalue weighted by molar-refractivity contribution is 0.0531. The molecule has 6 nitrogen and oxygen atoms in total. The quantitative estimate of drug-likeness (QED) is 0.617. The molecule has 32 heavy (non-hydrogen) atoms. The highest BCUT2D eigenvalue weighted by Crippen LogP contribution is 2.69. The second-order valence-corrected chi connectivity index (χ2v) is 8.89. The summed E-state index contributed by atoms with van der Waals surface area (Å²) in [5.74, 6) is -1.66. The molecule has 2 aliphatic carbocycles. The lowest BCUT2D eigenvalue weighted by atomic mass is 9.66. The first-order chi connectivity index (χ1) is 15.3. The molecule has 164 valence electrons. The van der Waals surface area contributed by atoms with E-state index in [1.807, 2.05) is 6.07 Å². The van der Waals surface area contributed by atoms with Crippen molar-refractivity contribution in [3.05, 3.63) is 76.7 Å². The minimum Gasteiger partial charge on any atom is -0.277 e. The average Bonchev–Trinajstić information content (AvgIpc) is 3.15. The van der Waals surface area contributed by atoms with E-state index >= 15 is 0 Å². The van der Waals surface area contributed by atoms with Crippen LogP contribution in [0.25, 0.3) is 11.3 Å². The maximum absolute atomic E-state index is 14.4. The molecule has 2 aromatic heterocycles. The Morgan fingerprint density at radius 3 is 2.56 bits per heavy atom. The number of rotatable bonds is 4. The highest BCUT2D eigenvalue weighted by atomic mass is 19.1. The van der Waals surface area contributed by atoms with Crippen LogP contribution in [-0.4, -0.2) is 28.2 Å². The molecule has 0 aliphatic heterocycles. The van der Waals surface area contributed by atoms with Gasteiger partial charge in [-0.25, -0.2) is 19.2 Å². The molecule has 1 fully saturated rings. The van der Waals surface area contributed by atoms with Gasteiger partial charge in [0.1, 0.15) is 17.3 Å². The normalized spacial score (nSPS) is 22.6. The fraction of sp³-hybridized carbons (Fsp3) is 0.333. The minimum atomic E-state index is -0.671. The topological polar surface area (TPSA) is 77.0 Å². The fourth-order valence-electron chi connectivity index (χ4n) is 5.70. The molecule has 2 bridgehead atoms. The first-order valence-corrected chi connectivity index (χ1v) is 10.4. The third kappa shape index (κ3) is 2.65. The fourth-order valence-corrected chi connectivity index (χ4v) is 5.70. The monoisotopic (exact) mass is 436 g/mol. The van der Waals surface area contributed by atoms with Crippen molar-refractivity contribution in [1.29, 1.82) is 0 Å². The molecule has 0 spiro atoms. The lowest BCUT2D eigenvalue weighted by Gasteiger charge is -2.37. The van der Waals surface area contributed by atoms with E-state index in [2.05, 4.69) is 34.5 Å². The van der Waals surface area contributed by atoms with Crippen molar-refractivity contribution >= 4 is 5.91 Å². The van der Waals surface area contributed by atoms with E-state index in [1.54, 1.807) is 18.2 Å². The number of hydroxylamine groups is 1. The summed E-state index contributed by atoms with van der Waals surface area (Å²) >= 11 is 0. The Bertz CT molecular complexity index is 1230. The standard InChI is InChI=1S/C24H22F2N4O2/c1-23(2)14-10-11-24(23,19-9-5-8-17(27-19)22(31)30-32-3)21-13(14)12-18(28-29-21)20-15(25)6-4-7-16(20)26/h4-9,12,14H,10-11H2,1-3H3,(H,30,31)/t14-,24+/m0/s1. The first-order valence-electron chi connectivity index (χ1n) is 10.4. The zero-order valence-corrected chi connectivity index (χ0v) is 17.9. The third-order valence-electron chi connectivity index (χ3n) is 7.21. The van der Waals surface area contributed by atoms with Gasteiger partial charge in [-0.1, -0.05) is 26.0 Å². The Morgan fingerprint density at radius 2 is 1.84 bits per heavy atom. The van der Waals surface area contributed by atoms with Gasteiger partial charge in [-0.05, 0) is 60.1 Å². The maximum atomic E-state index is 14.4. The van der Waals surface area contributed by atoms with Crippen LogP contribution in [-0.2, 0) is 10.3 Å². The van der Waals surface area contributed by atoms with Crippen LogP contribution in [0.4, 0.5) is 8.78 Å². The number of carbonyl (C=O) groups is 1. The maximum Gasteiger partial charge on any atom is 0.293 e. The molecule has 2 atom stereocenters. The third-order valence-corrected chi connectivity index (χ3v) is 7.21. The molecule has 0 unspecified atom stereocenters. The summed E-state index contributed by atoms with van der Waals surface area (Å²) in [6.45, 7) is 4.30. The number of aromatic nitrogens is 3. The second kappa shape index (κ2) is 7.13. The average molecular weight is 436 g/mol. The molecule has 1 N–H and O–H groups in total. The predicted octanol–water partition coefficient (Wildman–Crippen LogP) is 4.31. The molecule has 0 radical (unpaired) electrons. The Morgan fingerprint density at radius 1 is 1.12 bits per heavy atom. The summed E-state index contributed by atoms with van der Waals surface area (Å²) in [6.07, 6.45) is 1.67. The molecule has 1 aromatic carbocycles. The van der Waals surface area contributed by atoms with Gasteiger partial charge in [0.05, 0.1) is 35.2 Å². The smallest absolute Gasteiger partial charge is 0.277 e. The van der Waals surface area contributed by atoms with E-state index in [0.717, 1.165) is 29.8 Å². The van der Waals surface area contributed by atoms with Gasteiger partial charge in [0, 0.05) is 0 Å². The summed E-state index contributed by atoms with van der Waals surface area (Å²) in [5.41, 5.74) is 4.13. The van der Waals surface area contributed by atoms with Crippen molar-refractivity contribution in [2.75, 3.05) is 7.11 Å². The molecular formula is C24H22F2N4O2. The summed E-state index contributed by atoms with van der Waals surface area (Å²) in [6, 6.07) is 10.8. The lowest BCUT2D eigenvalue weighted by Crippen LogP contribution is -2.38. The molecule has 2 aliphatic rings. The van der Waals surface area contributed by atoms with E-state index in [1.165, 1.54) is 25.3 Å². The van der Waals surface area contributed by atoms with Crippen molar-refractivity contribution in [2.45, 2.75) is 38.0 Å². The van der Waals surface area contributed by atoms with Crippen LogP contribution in [0.2, 0.25) is 0 Å². The number of nitrogens with one attached hydrogen (secondary N) is 1. The Kier molecular flexibility index (Phi) is 4.60. The van der Waals surface area contributed by atoms with E-state index < -0.39 is 23.0 Å². The number of hydrogen-bond acceptors (Lipinski definition) is 5. The summed E-state index contributed by atoms with van der Waals surface area (Å²) in [7, 11) is 1.36. The van der Waals surface area contributed by atoms with Crippen molar-refractivity contribution in [3.8, 4) is 11.3 Å². The summed E-state index contributed by atoms with van der Waals surface area (Å²) < 4.78 is 28.8. The summed E-state index contributed by atoms with van der Waals surface area (Å²) in [5, 5.41) is 8.73. The molecule has 0 saturated heterocycles. The number of pyridine rings is 1. The van der Waals surface area contributed by atoms with Crippen LogP contribution in [0, 0.1) is 17.0 Å². The molecule has 1 saturated carbocycles. The minimum absolute atomic E-state index is 0.125. The van der Waals surface area contributed by atoms with Crippen molar-refractivity contribution in [1.82, 2.24) is 20.7 Å². The van der Waals surface area contributed by atoms with Crippen LogP contribution < -0.4 is 5.48 Å². The number of fused-ring (bicyclic) bond motifs is 5.